The van der Waals surface area contributed by atoms with Crippen LogP contribution in [0.5, 0.6) is 0 Å². The maximum absolute atomic E-state index is 11.9. The molecule has 3 aliphatic heterocycles. The topological polar surface area (TPSA) is 80.1 Å². The number of morpholine rings is 1. The van der Waals surface area contributed by atoms with E-state index in [1.807, 2.05) is 36.5 Å². The largest absolute Gasteiger partial charge is 0.379 e. The fraction of sp³-hybridized carbons (Fsp3) is 0.421. The van der Waals surface area contributed by atoms with Crippen molar-refractivity contribution in [3.05, 3.63) is 58.8 Å². The summed E-state index contributed by atoms with van der Waals surface area (Å²) in [6.45, 7) is 4.15. The van der Waals surface area contributed by atoms with Crippen LogP contribution in [0.4, 0.5) is 0 Å². The average Bonchev–Trinajstić information content (AvgIpc) is 3.06. The molecule has 1 aromatic rings. The summed E-state index contributed by atoms with van der Waals surface area (Å²) < 4.78 is 5.47. The predicted octanol–water partition coefficient (Wildman–Crippen LogP) is 1.18. The van der Waals surface area contributed by atoms with E-state index in [0.717, 1.165) is 38.4 Å². The Morgan fingerprint density at radius 3 is 2.74 bits per heavy atom. The molecule has 3 atom stereocenters. The molecule has 4 rings (SSSR count). The van der Waals surface area contributed by atoms with Gasteiger partial charge in [-0.2, -0.15) is 5.90 Å². The minimum Gasteiger partial charge on any atom is -0.379 e. The summed E-state index contributed by atoms with van der Waals surface area (Å²) in [4.78, 5) is 20.9. The van der Waals surface area contributed by atoms with Crippen molar-refractivity contribution in [2.24, 2.45) is 5.90 Å². The predicted molar refractivity (Wildman–Crippen MR) is 102 cm³/mol. The van der Waals surface area contributed by atoms with E-state index in [2.05, 4.69) is 20.0 Å². The van der Waals surface area contributed by atoms with Crippen LogP contribution in [-0.2, 0) is 14.4 Å². The van der Waals surface area contributed by atoms with Crippen molar-refractivity contribution in [2.45, 2.75) is 18.2 Å². The first-order valence-electron chi connectivity index (χ1n) is 9.06. The first kappa shape index (κ1) is 18.5. The lowest BCUT2D eigenvalue weighted by Crippen LogP contribution is -2.46. The lowest BCUT2D eigenvalue weighted by atomic mass is 9.99. The van der Waals surface area contributed by atoms with Crippen molar-refractivity contribution < 1.29 is 14.4 Å². The van der Waals surface area contributed by atoms with Crippen LogP contribution in [0.2, 0.25) is 5.02 Å². The fourth-order valence-corrected chi connectivity index (χ4v) is 4.04. The van der Waals surface area contributed by atoms with E-state index in [1.165, 1.54) is 0 Å². The normalized spacial score (nSPS) is 28.0. The van der Waals surface area contributed by atoms with Crippen LogP contribution < -0.4 is 11.2 Å². The highest BCUT2D eigenvalue weighted by atomic mass is 35.5. The molecule has 0 saturated carbocycles. The van der Waals surface area contributed by atoms with Gasteiger partial charge in [-0.3, -0.25) is 10.2 Å². The minimum absolute atomic E-state index is 0.00560. The lowest BCUT2D eigenvalue weighted by molar-refractivity contribution is -0.139. The van der Waals surface area contributed by atoms with E-state index in [0.29, 0.717) is 10.6 Å². The van der Waals surface area contributed by atoms with Crippen LogP contribution in [0, 0.1) is 0 Å². The lowest BCUT2D eigenvalue weighted by Gasteiger charge is -2.36. The van der Waals surface area contributed by atoms with Crippen LogP contribution in [0.15, 0.2) is 48.2 Å². The van der Waals surface area contributed by atoms with E-state index in [-0.39, 0.29) is 18.2 Å². The minimum atomic E-state index is -0.537. The number of fused-ring (bicyclic) bond motifs is 1. The molecule has 144 valence electrons. The zero-order valence-corrected chi connectivity index (χ0v) is 15.6. The second-order valence-electron chi connectivity index (χ2n) is 6.92. The molecule has 0 aromatic heterocycles. The molecular weight excluding hydrogens is 368 g/mol. The highest BCUT2D eigenvalue weighted by molar-refractivity contribution is 6.30. The van der Waals surface area contributed by atoms with Crippen molar-refractivity contribution in [1.82, 2.24) is 15.1 Å². The molecule has 3 N–H and O–H groups in total. The third-order valence-corrected chi connectivity index (χ3v) is 5.56. The van der Waals surface area contributed by atoms with E-state index in [4.69, 9.17) is 22.2 Å². The summed E-state index contributed by atoms with van der Waals surface area (Å²) in [5.41, 5.74) is 1.61. The van der Waals surface area contributed by atoms with Crippen molar-refractivity contribution in [1.29, 1.82) is 0 Å². The molecule has 2 saturated heterocycles. The zero-order chi connectivity index (χ0) is 18.8. The number of halogens is 1. The van der Waals surface area contributed by atoms with Gasteiger partial charge in [0.05, 0.1) is 37.0 Å². The number of benzene rings is 1. The Kier molecular flexibility index (Phi) is 5.47. The number of ether oxygens (including phenoxy) is 1. The van der Waals surface area contributed by atoms with Gasteiger partial charge in [0.2, 0.25) is 0 Å². The average molecular weight is 391 g/mol. The first-order chi connectivity index (χ1) is 13.2. The molecule has 1 aromatic carbocycles. The molecule has 3 heterocycles. The van der Waals surface area contributed by atoms with Gasteiger partial charge in [-0.1, -0.05) is 23.7 Å². The van der Waals surface area contributed by atoms with Gasteiger partial charge in [-0.15, -0.1) is 0 Å². The van der Waals surface area contributed by atoms with E-state index >= 15 is 0 Å². The molecule has 3 aliphatic rings. The van der Waals surface area contributed by atoms with Crippen LogP contribution in [0.25, 0.3) is 0 Å². The van der Waals surface area contributed by atoms with Crippen LogP contribution in [0.3, 0.4) is 0 Å². The number of rotatable bonds is 4. The first-order valence-corrected chi connectivity index (χ1v) is 9.43. The number of nitrogens with zero attached hydrogens (tertiary/aromatic N) is 2. The standard InChI is InChI=1S/C19H23ClN4O3/c20-15-4-1-13(2-5-15)18-16(12-23-7-9-26-10-8-23)24-11-14(19(25)27-21)3-6-17(24)22-18/h1-6,11,16-18,22H,7-10,12,21H2. The Bertz CT molecular complexity index is 746. The number of nitrogens with two attached hydrogens (primary N) is 1. The Morgan fingerprint density at radius 1 is 1.30 bits per heavy atom. The Labute approximate surface area is 163 Å². The van der Waals surface area contributed by atoms with Gasteiger partial charge >= 0.3 is 5.97 Å². The Hall–Kier alpha value is -1.90. The van der Waals surface area contributed by atoms with E-state index in [9.17, 15) is 4.79 Å². The molecule has 0 spiro atoms. The van der Waals surface area contributed by atoms with Gasteiger partial charge in [0.25, 0.3) is 0 Å². The van der Waals surface area contributed by atoms with Crippen LogP contribution >= 0.6 is 11.6 Å². The SMILES string of the molecule is NOC(=O)C1=CN2C(C=C1)NC(c1ccc(Cl)cc1)C2CN1CCOCC1. The highest BCUT2D eigenvalue weighted by Crippen LogP contribution is 2.34. The van der Waals surface area contributed by atoms with Crippen molar-refractivity contribution in [3.63, 3.8) is 0 Å². The van der Waals surface area contributed by atoms with Gasteiger partial charge in [0, 0.05) is 30.9 Å². The summed E-state index contributed by atoms with van der Waals surface area (Å²) >= 11 is 6.07. The Balaban J connectivity index is 1.62. The highest BCUT2D eigenvalue weighted by Gasteiger charge is 2.41. The molecule has 0 aliphatic carbocycles. The second kappa shape index (κ2) is 8.00. The molecular formula is C19H23ClN4O3. The second-order valence-corrected chi connectivity index (χ2v) is 7.35. The molecule has 7 nitrogen and oxygen atoms in total. The van der Waals surface area contributed by atoms with Crippen molar-refractivity contribution >= 4 is 17.6 Å². The van der Waals surface area contributed by atoms with Crippen LogP contribution in [0.1, 0.15) is 11.6 Å². The van der Waals surface area contributed by atoms with Crippen molar-refractivity contribution in [3.8, 4) is 0 Å². The molecule has 8 heteroatoms. The summed E-state index contributed by atoms with van der Waals surface area (Å²) in [5.74, 6) is 4.53. The monoisotopic (exact) mass is 390 g/mol. The van der Waals surface area contributed by atoms with Crippen LogP contribution in [-0.4, -0.2) is 60.8 Å². The van der Waals surface area contributed by atoms with Gasteiger partial charge in [-0.05, 0) is 29.8 Å². The molecule has 0 amide bonds. The molecule has 0 radical (unpaired) electrons. The van der Waals surface area contributed by atoms with Gasteiger partial charge in [0.15, 0.2) is 0 Å². The maximum atomic E-state index is 11.9. The molecule has 3 unspecified atom stereocenters. The third-order valence-electron chi connectivity index (χ3n) is 5.31. The smallest absolute Gasteiger partial charge is 0.358 e. The molecule has 0 bridgehead atoms. The summed E-state index contributed by atoms with van der Waals surface area (Å²) in [6, 6.07) is 8.15. The van der Waals surface area contributed by atoms with E-state index in [1.54, 1.807) is 6.08 Å². The Morgan fingerprint density at radius 2 is 2.04 bits per heavy atom. The fourth-order valence-electron chi connectivity index (χ4n) is 3.91. The quantitative estimate of drug-likeness (QED) is 0.747. The zero-order valence-electron chi connectivity index (χ0n) is 14.9. The number of carbonyl (C=O) groups is 1. The van der Waals surface area contributed by atoms with Gasteiger partial charge in [-0.25, -0.2) is 4.79 Å². The molecule has 2 fully saturated rings. The summed E-state index contributed by atoms with van der Waals surface area (Å²) in [6.07, 6.45) is 5.56. The number of hydrogen-bond donors (Lipinski definition) is 2. The molecule has 27 heavy (non-hydrogen) atoms. The number of hydrogen-bond acceptors (Lipinski definition) is 7. The summed E-state index contributed by atoms with van der Waals surface area (Å²) in [5, 5.41) is 4.37. The number of nitrogens with one attached hydrogen (secondary N) is 1. The summed E-state index contributed by atoms with van der Waals surface area (Å²) in [7, 11) is 0. The van der Waals surface area contributed by atoms with Crippen molar-refractivity contribution in [2.75, 3.05) is 32.8 Å². The van der Waals surface area contributed by atoms with Gasteiger partial charge in [0.1, 0.15) is 0 Å². The van der Waals surface area contributed by atoms with Gasteiger partial charge < -0.3 is 14.5 Å². The number of carbonyl (C=O) groups excluding carboxylic acids is 1. The maximum Gasteiger partial charge on any atom is 0.358 e. The van der Waals surface area contributed by atoms with E-state index < -0.39 is 5.97 Å². The third kappa shape index (κ3) is 3.88.